The monoisotopic (exact) mass is 367 g/mol. The number of methoxy groups -OCH3 is 2. The van der Waals surface area contributed by atoms with Gasteiger partial charge < -0.3 is 19.7 Å². The molecule has 27 heavy (non-hydrogen) atoms. The molecule has 0 aromatic heterocycles. The Hall–Kier alpha value is -2.69. The van der Waals surface area contributed by atoms with Gasteiger partial charge in [-0.1, -0.05) is 24.3 Å². The Morgan fingerprint density at radius 1 is 1.04 bits per heavy atom. The molecule has 0 saturated carbocycles. The molecule has 2 aromatic carbocycles. The molecule has 2 aromatic rings. The van der Waals surface area contributed by atoms with Gasteiger partial charge in [0, 0.05) is 32.6 Å². The minimum atomic E-state index is 0.538. The number of rotatable bonds is 6. The van der Waals surface area contributed by atoms with E-state index in [1.165, 1.54) is 11.1 Å². The van der Waals surface area contributed by atoms with E-state index in [-0.39, 0.29) is 0 Å². The van der Waals surface area contributed by atoms with Crippen LogP contribution in [-0.2, 0) is 6.42 Å². The molecule has 1 atom stereocenters. The molecule has 1 saturated heterocycles. The Kier molecular flexibility index (Phi) is 6.58. The quantitative estimate of drug-likeness (QED) is 0.629. The van der Waals surface area contributed by atoms with Crippen LogP contribution < -0.4 is 14.8 Å². The second kappa shape index (κ2) is 9.31. The fourth-order valence-electron chi connectivity index (χ4n) is 3.54. The highest BCUT2D eigenvalue weighted by Crippen LogP contribution is 2.28. The van der Waals surface area contributed by atoms with Gasteiger partial charge >= 0.3 is 0 Å². The van der Waals surface area contributed by atoms with Crippen molar-refractivity contribution >= 4 is 5.96 Å². The fourth-order valence-corrected chi connectivity index (χ4v) is 3.54. The van der Waals surface area contributed by atoms with E-state index >= 15 is 0 Å². The van der Waals surface area contributed by atoms with Crippen LogP contribution in [0.15, 0.2) is 53.5 Å². The summed E-state index contributed by atoms with van der Waals surface area (Å²) in [6, 6.07) is 16.7. The highest BCUT2D eigenvalue weighted by Gasteiger charge is 2.25. The molecule has 0 amide bonds. The molecule has 0 radical (unpaired) electrons. The number of benzene rings is 2. The van der Waals surface area contributed by atoms with Gasteiger partial charge in [-0.3, -0.25) is 4.99 Å². The largest absolute Gasteiger partial charge is 0.497 e. The number of hydrogen-bond donors (Lipinski definition) is 1. The average Bonchev–Trinajstić information content (AvgIpc) is 3.21. The van der Waals surface area contributed by atoms with Crippen LogP contribution in [0, 0.1) is 0 Å². The standard InChI is InChI=1S/C22H29N3O2/c1-23-22(24-14-12-17-4-8-20(26-2)9-5-17)25-15-13-19(16-25)18-6-10-21(27-3)11-7-18/h4-11,19H,12-16H2,1-3H3,(H,23,24). The predicted molar refractivity (Wildman–Crippen MR) is 110 cm³/mol. The summed E-state index contributed by atoms with van der Waals surface area (Å²) >= 11 is 0. The van der Waals surface area contributed by atoms with Crippen LogP contribution in [0.25, 0.3) is 0 Å². The normalized spacial score (nSPS) is 17.1. The Morgan fingerprint density at radius 3 is 2.26 bits per heavy atom. The molecule has 5 nitrogen and oxygen atoms in total. The van der Waals surface area contributed by atoms with E-state index in [4.69, 9.17) is 9.47 Å². The summed E-state index contributed by atoms with van der Waals surface area (Å²) in [6.45, 7) is 2.89. The van der Waals surface area contributed by atoms with E-state index in [1.54, 1.807) is 14.2 Å². The number of hydrogen-bond acceptors (Lipinski definition) is 3. The van der Waals surface area contributed by atoms with Crippen LogP contribution in [0.3, 0.4) is 0 Å². The zero-order valence-electron chi connectivity index (χ0n) is 16.4. The summed E-state index contributed by atoms with van der Waals surface area (Å²) in [7, 11) is 5.25. The van der Waals surface area contributed by atoms with Crippen LogP contribution in [0.4, 0.5) is 0 Å². The molecule has 1 fully saturated rings. The van der Waals surface area contributed by atoms with Crippen molar-refractivity contribution in [2.75, 3.05) is 40.9 Å². The van der Waals surface area contributed by atoms with Crippen molar-refractivity contribution in [2.45, 2.75) is 18.8 Å². The summed E-state index contributed by atoms with van der Waals surface area (Å²) in [6.07, 6.45) is 2.10. The van der Waals surface area contributed by atoms with Gasteiger partial charge in [-0.15, -0.1) is 0 Å². The van der Waals surface area contributed by atoms with E-state index in [9.17, 15) is 0 Å². The molecule has 0 spiro atoms. The minimum Gasteiger partial charge on any atom is -0.497 e. The van der Waals surface area contributed by atoms with E-state index in [0.717, 1.165) is 49.9 Å². The van der Waals surface area contributed by atoms with Gasteiger partial charge in [0.1, 0.15) is 11.5 Å². The van der Waals surface area contributed by atoms with Crippen LogP contribution >= 0.6 is 0 Å². The SMILES string of the molecule is CN=C(NCCc1ccc(OC)cc1)N1CCC(c2ccc(OC)cc2)C1. The third-order valence-electron chi connectivity index (χ3n) is 5.14. The number of guanidine groups is 1. The minimum absolute atomic E-state index is 0.538. The summed E-state index contributed by atoms with van der Waals surface area (Å²) in [4.78, 5) is 6.83. The lowest BCUT2D eigenvalue weighted by Crippen LogP contribution is -2.40. The Balaban J connectivity index is 1.50. The van der Waals surface area contributed by atoms with Gasteiger partial charge in [0.15, 0.2) is 5.96 Å². The predicted octanol–water partition coefficient (Wildman–Crippen LogP) is 3.31. The summed E-state index contributed by atoms with van der Waals surface area (Å²) < 4.78 is 10.5. The first-order chi connectivity index (χ1) is 13.2. The molecule has 0 bridgehead atoms. The maximum atomic E-state index is 5.26. The van der Waals surface area contributed by atoms with Crippen LogP contribution in [0.1, 0.15) is 23.5 Å². The molecular weight excluding hydrogens is 338 g/mol. The number of nitrogens with zero attached hydrogens (tertiary/aromatic N) is 2. The molecule has 3 rings (SSSR count). The van der Waals surface area contributed by atoms with E-state index in [1.807, 2.05) is 31.3 Å². The second-order valence-corrected chi connectivity index (χ2v) is 6.78. The zero-order chi connectivity index (χ0) is 19.1. The summed E-state index contributed by atoms with van der Waals surface area (Å²) in [5.41, 5.74) is 2.66. The highest BCUT2D eigenvalue weighted by atomic mass is 16.5. The van der Waals surface area contributed by atoms with Gasteiger partial charge in [-0.25, -0.2) is 0 Å². The molecule has 1 unspecified atom stereocenters. The molecular formula is C22H29N3O2. The molecule has 1 aliphatic heterocycles. The van der Waals surface area contributed by atoms with Crippen molar-refractivity contribution < 1.29 is 9.47 Å². The van der Waals surface area contributed by atoms with Crippen molar-refractivity contribution in [3.05, 3.63) is 59.7 Å². The first kappa shape index (κ1) is 19.1. The first-order valence-electron chi connectivity index (χ1n) is 9.46. The second-order valence-electron chi connectivity index (χ2n) is 6.78. The first-order valence-corrected chi connectivity index (χ1v) is 9.46. The smallest absolute Gasteiger partial charge is 0.193 e. The number of nitrogens with one attached hydrogen (secondary N) is 1. The third-order valence-corrected chi connectivity index (χ3v) is 5.14. The van der Waals surface area contributed by atoms with Gasteiger partial charge in [-0.05, 0) is 48.2 Å². The van der Waals surface area contributed by atoms with Crippen molar-refractivity contribution in [1.29, 1.82) is 0 Å². The highest BCUT2D eigenvalue weighted by molar-refractivity contribution is 5.80. The van der Waals surface area contributed by atoms with E-state index in [0.29, 0.717) is 5.92 Å². The molecule has 1 N–H and O–H groups in total. The van der Waals surface area contributed by atoms with E-state index in [2.05, 4.69) is 39.5 Å². The number of ether oxygens (including phenoxy) is 2. The van der Waals surface area contributed by atoms with Gasteiger partial charge in [0.2, 0.25) is 0 Å². The Labute approximate surface area is 162 Å². The fraction of sp³-hybridized carbons (Fsp3) is 0.409. The molecule has 144 valence electrons. The Bertz CT molecular complexity index is 741. The van der Waals surface area contributed by atoms with Crippen molar-refractivity contribution in [3.63, 3.8) is 0 Å². The lowest BCUT2D eigenvalue weighted by atomic mass is 9.98. The maximum absolute atomic E-state index is 5.26. The molecule has 0 aliphatic carbocycles. The molecule has 1 aliphatic rings. The third kappa shape index (κ3) is 4.94. The van der Waals surface area contributed by atoms with Crippen LogP contribution in [-0.4, -0.2) is 51.8 Å². The van der Waals surface area contributed by atoms with Crippen molar-refractivity contribution in [1.82, 2.24) is 10.2 Å². The average molecular weight is 367 g/mol. The zero-order valence-corrected chi connectivity index (χ0v) is 16.4. The number of aliphatic imine (C=N–C) groups is 1. The lowest BCUT2D eigenvalue weighted by Gasteiger charge is -2.22. The van der Waals surface area contributed by atoms with Crippen molar-refractivity contribution in [2.24, 2.45) is 4.99 Å². The maximum Gasteiger partial charge on any atom is 0.193 e. The molecule has 5 heteroatoms. The van der Waals surface area contributed by atoms with Gasteiger partial charge in [-0.2, -0.15) is 0 Å². The number of likely N-dealkylation sites (tertiary alicyclic amines) is 1. The van der Waals surface area contributed by atoms with Gasteiger partial charge in [0.05, 0.1) is 14.2 Å². The van der Waals surface area contributed by atoms with Crippen LogP contribution in [0.5, 0.6) is 11.5 Å². The lowest BCUT2D eigenvalue weighted by molar-refractivity contribution is 0.414. The van der Waals surface area contributed by atoms with E-state index < -0.39 is 0 Å². The topological polar surface area (TPSA) is 46.1 Å². The Morgan fingerprint density at radius 2 is 1.67 bits per heavy atom. The van der Waals surface area contributed by atoms with Gasteiger partial charge in [0.25, 0.3) is 0 Å². The van der Waals surface area contributed by atoms with Crippen molar-refractivity contribution in [3.8, 4) is 11.5 Å². The molecule has 1 heterocycles. The van der Waals surface area contributed by atoms with Crippen LogP contribution in [0.2, 0.25) is 0 Å². The summed E-state index contributed by atoms with van der Waals surface area (Å²) in [5, 5.41) is 3.50. The summed E-state index contributed by atoms with van der Waals surface area (Å²) in [5.74, 6) is 3.32.